The molecular formula is C15H14BrCl. The second-order valence-electron chi connectivity index (χ2n) is 4.06. The number of rotatable bonds is 4. The fourth-order valence-corrected chi connectivity index (χ4v) is 2.65. The molecule has 1 atom stereocenters. The fourth-order valence-electron chi connectivity index (χ4n) is 1.92. The molecule has 17 heavy (non-hydrogen) atoms. The van der Waals surface area contributed by atoms with Crippen molar-refractivity contribution in [2.75, 3.05) is 5.88 Å². The van der Waals surface area contributed by atoms with Crippen LogP contribution in [0.15, 0.2) is 59.1 Å². The third-order valence-electron chi connectivity index (χ3n) is 2.88. The van der Waals surface area contributed by atoms with Gasteiger partial charge in [-0.1, -0.05) is 64.5 Å². The Morgan fingerprint density at radius 3 is 2.24 bits per heavy atom. The Kier molecular flexibility index (Phi) is 4.64. The average Bonchev–Trinajstić information content (AvgIpc) is 2.39. The Morgan fingerprint density at radius 1 is 0.941 bits per heavy atom. The molecule has 2 heteroatoms. The normalized spacial score (nSPS) is 12.4. The molecule has 0 aromatic heterocycles. The summed E-state index contributed by atoms with van der Waals surface area (Å²) >= 11 is 9.67. The highest BCUT2D eigenvalue weighted by atomic mass is 79.9. The largest absolute Gasteiger partial charge is 0.126 e. The molecule has 2 rings (SSSR count). The van der Waals surface area contributed by atoms with E-state index in [1.54, 1.807) is 0 Å². The van der Waals surface area contributed by atoms with Crippen LogP contribution in [-0.4, -0.2) is 5.88 Å². The van der Waals surface area contributed by atoms with Gasteiger partial charge in [-0.25, -0.2) is 0 Å². The molecule has 2 aromatic carbocycles. The van der Waals surface area contributed by atoms with Crippen molar-refractivity contribution in [2.45, 2.75) is 12.3 Å². The molecule has 0 N–H and O–H groups in total. The molecule has 0 aliphatic carbocycles. The van der Waals surface area contributed by atoms with Crippen LogP contribution in [0.5, 0.6) is 0 Å². The predicted molar refractivity (Wildman–Crippen MR) is 77.7 cm³/mol. The van der Waals surface area contributed by atoms with Gasteiger partial charge in [0, 0.05) is 16.3 Å². The van der Waals surface area contributed by atoms with Crippen molar-refractivity contribution in [3.05, 3.63) is 70.2 Å². The molecule has 2 aromatic rings. The van der Waals surface area contributed by atoms with E-state index in [1.165, 1.54) is 11.1 Å². The lowest BCUT2D eigenvalue weighted by molar-refractivity contribution is 0.764. The zero-order valence-electron chi connectivity index (χ0n) is 9.44. The molecule has 0 radical (unpaired) electrons. The summed E-state index contributed by atoms with van der Waals surface area (Å²) in [5, 5.41) is 0. The van der Waals surface area contributed by atoms with Crippen molar-refractivity contribution >= 4 is 27.5 Å². The average molecular weight is 310 g/mol. The summed E-state index contributed by atoms with van der Waals surface area (Å²) in [5.41, 5.74) is 2.61. The molecule has 0 spiro atoms. The van der Waals surface area contributed by atoms with Crippen molar-refractivity contribution in [1.29, 1.82) is 0 Å². The molecule has 0 bridgehead atoms. The van der Waals surface area contributed by atoms with E-state index in [1.807, 2.05) is 12.1 Å². The number of alkyl halides is 1. The number of hydrogen-bond acceptors (Lipinski definition) is 0. The van der Waals surface area contributed by atoms with Crippen molar-refractivity contribution in [3.63, 3.8) is 0 Å². The third-order valence-corrected chi connectivity index (χ3v) is 4.03. The summed E-state index contributed by atoms with van der Waals surface area (Å²) in [6, 6.07) is 18.8. The van der Waals surface area contributed by atoms with E-state index in [9.17, 15) is 0 Å². The zero-order valence-corrected chi connectivity index (χ0v) is 11.8. The van der Waals surface area contributed by atoms with Crippen LogP contribution in [0.1, 0.15) is 17.0 Å². The first-order valence-corrected chi connectivity index (χ1v) is 6.98. The van der Waals surface area contributed by atoms with E-state index >= 15 is 0 Å². The number of halogens is 2. The summed E-state index contributed by atoms with van der Waals surface area (Å²) < 4.78 is 1.16. The quantitative estimate of drug-likeness (QED) is 0.696. The van der Waals surface area contributed by atoms with Gasteiger partial charge in [0.25, 0.3) is 0 Å². The first kappa shape index (κ1) is 12.7. The van der Waals surface area contributed by atoms with Gasteiger partial charge in [0.15, 0.2) is 0 Å². The fraction of sp³-hybridized carbons (Fsp3) is 0.200. The minimum absolute atomic E-state index is 0.372. The lowest BCUT2D eigenvalue weighted by Gasteiger charge is -2.15. The topological polar surface area (TPSA) is 0 Å². The van der Waals surface area contributed by atoms with E-state index in [0.717, 1.165) is 10.9 Å². The van der Waals surface area contributed by atoms with Crippen LogP contribution in [0.4, 0.5) is 0 Å². The van der Waals surface area contributed by atoms with Crippen LogP contribution in [0.3, 0.4) is 0 Å². The van der Waals surface area contributed by atoms with Crippen LogP contribution in [-0.2, 0) is 6.42 Å². The zero-order chi connectivity index (χ0) is 12.1. The van der Waals surface area contributed by atoms with Gasteiger partial charge in [0.05, 0.1) is 0 Å². The number of hydrogen-bond donors (Lipinski definition) is 0. The van der Waals surface area contributed by atoms with Crippen LogP contribution < -0.4 is 0 Å². The molecule has 0 nitrogen and oxygen atoms in total. The van der Waals surface area contributed by atoms with Crippen LogP contribution in [0.2, 0.25) is 0 Å². The summed E-state index contributed by atoms with van der Waals surface area (Å²) in [6.45, 7) is 0. The molecule has 0 fully saturated rings. The molecule has 0 heterocycles. The summed E-state index contributed by atoms with van der Waals surface area (Å²) in [7, 11) is 0. The van der Waals surface area contributed by atoms with Gasteiger partial charge in [0.2, 0.25) is 0 Å². The molecule has 0 amide bonds. The van der Waals surface area contributed by atoms with Gasteiger partial charge in [-0.3, -0.25) is 0 Å². The highest BCUT2D eigenvalue weighted by molar-refractivity contribution is 9.10. The lowest BCUT2D eigenvalue weighted by atomic mass is 9.94. The summed E-state index contributed by atoms with van der Waals surface area (Å²) in [5.74, 6) is 1.02. The molecule has 1 unspecified atom stereocenters. The molecule has 0 aliphatic heterocycles. The van der Waals surface area contributed by atoms with E-state index in [4.69, 9.17) is 11.6 Å². The van der Waals surface area contributed by atoms with E-state index in [2.05, 4.69) is 58.4 Å². The molecule has 0 saturated carbocycles. The van der Waals surface area contributed by atoms with E-state index in [0.29, 0.717) is 11.8 Å². The summed E-state index contributed by atoms with van der Waals surface area (Å²) in [4.78, 5) is 0. The summed E-state index contributed by atoms with van der Waals surface area (Å²) in [6.07, 6.45) is 0.967. The second-order valence-corrected chi connectivity index (χ2v) is 5.22. The van der Waals surface area contributed by atoms with Crippen molar-refractivity contribution in [2.24, 2.45) is 0 Å². The lowest BCUT2D eigenvalue weighted by Crippen LogP contribution is -2.05. The van der Waals surface area contributed by atoms with Crippen molar-refractivity contribution in [3.8, 4) is 0 Å². The van der Waals surface area contributed by atoms with Crippen LogP contribution in [0.25, 0.3) is 0 Å². The standard InChI is InChI=1S/C15H14BrCl/c16-15-9-5-4-8-13(15)10-14(11-17)12-6-2-1-3-7-12/h1-9,14H,10-11H2. The maximum Gasteiger partial charge on any atom is 0.0295 e. The Morgan fingerprint density at radius 2 is 1.59 bits per heavy atom. The maximum atomic E-state index is 6.09. The predicted octanol–water partition coefficient (Wildman–Crippen LogP) is 5.01. The minimum Gasteiger partial charge on any atom is -0.126 e. The monoisotopic (exact) mass is 308 g/mol. The van der Waals surface area contributed by atoms with Crippen LogP contribution in [0, 0.1) is 0 Å². The maximum absolute atomic E-state index is 6.09. The molecular weight excluding hydrogens is 296 g/mol. The molecule has 0 saturated heterocycles. The van der Waals surface area contributed by atoms with Gasteiger partial charge in [-0.15, -0.1) is 11.6 Å². The van der Waals surface area contributed by atoms with Crippen molar-refractivity contribution < 1.29 is 0 Å². The Balaban J connectivity index is 2.19. The Hall–Kier alpha value is -0.790. The Labute approximate surface area is 116 Å². The SMILES string of the molecule is ClCC(Cc1ccccc1Br)c1ccccc1. The van der Waals surface area contributed by atoms with Gasteiger partial charge < -0.3 is 0 Å². The van der Waals surface area contributed by atoms with E-state index < -0.39 is 0 Å². The van der Waals surface area contributed by atoms with Crippen LogP contribution >= 0.6 is 27.5 Å². The van der Waals surface area contributed by atoms with E-state index in [-0.39, 0.29) is 0 Å². The minimum atomic E-state index is 0.372. The van der Waals surface area contributed by atoms with Gasteiger partial charge in [-0.05, 0) is 23.6 Å². The highest BCUT2D eigenvalue weighted by Gasteiger charge is 2.12. The first-order valence-electron chi connectivity index (χ1n) is 5.65. The van der Waals surface area contributed by atoms with Gasteiger partial charge in [0.1, 0.15) is 0 Å². The second kappa shape index (κ2) is 6.23. The number of benzene rings is 2. The smallest absolute Gasteiger partial charge is 0.0295 e. The third kappa shape index (κ3) is 3.34. The highest BCUT2D eigenvalue weighted by Crippen LogP contribution is 2.26. The van der Waals surface area contributed by atoms with Crippen molar-refractivity contribution in [1.82, 2.24) is 0 Å². The Bertz CT molecular complexity index is 467. The van der Waals surface area contributed by atoms with Gasteiger partial charge in [-0.2, -0.15) is 0 Å². The van der Waals surface area contributed by atoms with Gasteiger partial charge >= 0.3 is 0 Å². The molecule has 0 aliphatic rings. The first-order chi connectivity index (χ1) is 8.31. The molecule has 88 valence electrons.